The second-order valence-corrected chi connectivity index (χ2v) is 7.33. The summed E-state index contributed by atoms with van der Waals surface area (Å²) in [5.74, 6) is 0.988. The fourth-order valence-electron chi connectivity index (χ4n) is 2.26. The van der Waals surface area contributed by atoms with Crippen molar-refractivity contribution in [1.29, 1.82) is 0 Å². The van der Waals surface area contributed by atoms with Crippen LogP contribution in [-0.4, -0.2) is 14.7 Å². The molecule has 0 amide bonds. The first-order valence-corrected chi connectivity index (χ1v) is 8.87. The monoisotopic (exact) mass is 358 g/mol. The Labute approximate surface area is 145 Å². The van der Waals surface area contributed by atoms with Crippen LogP contribution in [0.3, 0.4) is 0 Å². The van der Waals surface area contributed by atoms with Crippen LogP contribution in [0.2, 0.25) is 10.0 Å². The van der Waals surface area contributed by atoms with Gasteiger partial charge in [0, 0.05) is 21.5 Å². The van der Waals surface area contributed by atoms with Crippen LogP contribution in [-0.2, 0) is 13.2 Å². The minimum atomic E-state index is -0.0589. The third kappa shape index (κ3) is 3.99. The number of halogens is 2. The molecule has 0 bridgehead atoms. The third-order valence-electron chi connectivity index (χ3n) is 3.21. The highest BCUT2D eigenvalue weighted by molar-refractivity contribution is 7.99. The Morgan fingerprint density at radius 3 is 2.36 bits per heavy atom. The van der Waals surface area contributed by atoms with Gasteiger partial charge in [-0.2, -0.15) is 0 Å². The molecule has 0 saturated carbocycles. The maximum absolute atomic E-state index is 9.58. The first kappa shape index (κ1) is 17.7. The number of imidazole rings is 1. The third-order valence-corrected chi connectivity index (χ3v) is 4.74. The van der Waals surface area contributed by atoms with Gasteiger partial charge in [-0.15, -0.1) is 0 Å². The molecular formula is C16H20Cl2N2OS. The van der Waals surface area contributed by atoms with Crippen molar-refractivity contribution in [2.24, 2.45) is 0 Å². The molecule has 1 aromatic carbocycles. The van der Waals surface area contributed by atoms with Crippen molar-refractivity contribution < 1.29 is 5.11 Å². The summed E-state index contributed by atoms with van der Waals surface area (Å²) in [4.78, 5) is 5.59. The van der Waals surface area contributed by atoms with E-state index in [4.69, 9.17) is 23.2 Å². The molecule has 0 fully saturated rings. The van der Waals surface area contributed by atoms with Gasteiger partial charge in [0.05, 0.1) is 5.69 Å². The Hall–Kier alpha value is -0.680. The Bertz CT molecular complexity index is 636. The molecule has 1 N–H and O–H groups in total. The van der Waals surface area contributed by atoms with E-state index in [1.807, 2.05) is 12.1 Å². The maximum atomic E-state index is 9.58. The second kappa shape index (κ2) is 7.73. The average molecular weight is 359 g/mol. The van der Waals surface area contributed by atoms with Crippen molar-refractivity contribution in [3.63, 3.8) is 0 Å². The summed E-state index contributed by atoms with van der Waals surface area (Å²) >= 11 is 13.8. The fraction of sp³-hybridized carbons (Fsp3) is 0.438. The largest absolute Gasteiger partial charge is 0.388 e. The van der Waals surface area contributed by atoms with Crippen molar-refractivity contribution in [3.05, 3.63) is 39.8 Å². The number of nitrogens with zero attached hydrogens (tertiary/aromatic N) is 2. The number of benzene rings is 1. The Morgan fingerprint density at radius 1 is 1.23 bits per heavy atom. The van der Waals surface area contributed by atoms with Gasteiger partial charge in [-0.3, -0.25) is 0 Å². The molecule has 0 spiro atoms. The Balaban J connectivity index is 2.49. The summed E-state index contributed by atoms with van der Waals surface area (Å²) < 4.78 is 2.09. The summed E-state index contributed by atoms with van der Waals surface area (Å²) in [7, 11) is 0. The number of hydrogen-bond donors (Lipinski definition) is 1. The van der Waals surface area contributed by atoms with E-state index in [0.717, 1.165) is 28.6 Å². The van der Waals surface area contributed by atoms with Gasteiger partial charge in [0.1, 0.15) is 17.5 Å². The molecule has 0 saturated heterocycles. The quantitative estimate of drug-likeness (QED) is 0.754. The highest BCUT2D eigenvalue weighted by atomic mass is 35.5. The summed E-state index contributed by atoms with van der Waals surface area (Å²) in [5, 5.41) is 11.9. The van der Waals surface area contributed by atoms with Gasteiger partial charge in [-0.05, 0) is 30.5 Å². The molecule has 2 aromatic rings. The average Bonchev–Trinajstić information content (AvgIpc) is 2.76. The van der Waals surface area contributed by atoms with Gasteiger partial charge in [-0.25, -0.2) is 4.98 Å². The summed E-state index contributed by atoms with van der Waals surface area (Å²) in [5.41, 5.74) is 0.999. The number of aliphatic hydroxyl groups is 1. The molecule has 3 nitrogen and oxygen atoms in total. The van der Waals surface area contributed by atoms with E-state index in [1.54, 1.807) is 17.8 Å². The van der Waals surface area contributed by atoms with E-state index in [2.05, 4.69) is 30.3 Å². The van der Waals surface area contributed by atoms with Gasteiger partial charge in [0.2, 0.25) is 0 Å². The highest BCUT2D eigenvalue weighted by Crippen LogP contribution is 2.37. The predicted molar refractivity (Wildman–Crippen MR) is 93.1 cm³/mol. The van der Waals surface area contributed by atoms with Crippen LogP contribution in [0.1, 0.15) is 44.6 Å². The number of aromatic nitrogens is 2. The Kier molecular flexibility index (Phi) is 6.21. The van der Waals surface area contributed by atoms with Gasteiger partial charge in [0.25, 0.3) is 0 Å². The molecule has 22 heavy (non-hydrogen) atoms. The zero-order valence-corrected chi connectivity index (χ0v) is 15.3. The molecule has 2 rings (SSSR count). The van der Waals surface area contributed by atoms with Crippen LogP contribution in [0.15, 0.2) is 28.1 Å². The molecular weight excluding hydrogens is 339 g/mol. The molecule has 6 heteroatoms. The molecule has 0 aliphatic heterocycles. The SMILES string of the molecule is CCCn1c(CO)nc(C(C)C)c1Sc1cc(Cl)cc(Cl)c1. The van der Waals surface area contributed by atoms with Crippen molar-refractivity contribution in [2.45, 2.75) is 56.2 Å². The van der Waals surface area contributed by atoms with E-state index in [-0.39, 0.29) is 12.5 Å². The lowest BCUT2D eigenvalue weighted by molar-refractivity contribution is 0.263. The zero-order valence-electron chi connectivity index (χ0n) is 12.9. The van der Waals surface area contributed by atoms with Crippen molar-refractivity contribution >= 4 is 35.0 Å². The van der Waals surface area contributed by atoms with E-state index in [1.165, 1.54) is 0 Å². The van der Waals surface area contributed by atoms with Crippen molar-refractivity contribution in [3.8, 4) is 0 Å². The van der Waals surface area contributed by atoms with Crippen molar-refractivity contribution in [2.75, 3.05) is 0 Å². The lowest BCUT2D eigenvalue weighted by atomic mass is 10.1. The molecule has 0 radical (unpaired) electrons. The van der Waals surface area contributed by atoms with Gasteiger partial charge >= 0.3 is 0 Å². The van der Waals surface area contributed by atoms with E-state index >= 15 is 0 Å². The highest BCUT2D eigenvalue weighted by Gasteiger charge is 2.19. The van der Waals surface area contributed by atoms with E-state index in [9.17, 15) is 5.11 Å². The van der Waals surface area contributed by atoms with Crippen LogP contribution < -0.4 is 0 Å². The fourth-order valence-corrected chi connectivity index (χ4v) is 4.20. The molecule has 0 unspecified atom stereocenters. The normalized spacial score (nSPS) is 11.4. The van der Waals surface area contributed by atoms with Gasteiger partial charge in [0.15, 0.2) is 0 Å². The van der Waals surface area contributed by atoms with Crippen molar-refractivity contribution in [1.82, 2.24) is 9.55 Å². The Morgan fingerprint density at radius 2 is 1.86 bits per heavy atom. The molecule has 1 heterocycles. The summed E-state index contributed by atoms with van der Waals surface area (Å²) in [6.07, 6.45) is 0.977. The number of rotatable bonds is 6. The molecule has 1 aromatic heterocycles. The standard InChI is InChI=1S/C16H20Cl2N2OS/c1-4-5-20-14(9-21)19-15(10(2)3)16(20)22-13-7-11(17)6-12(18)8-13/h6-8,10,21H,4-5,9H2,1-3H3. The maximum Gasteiger partial charge on any atom is 0.135 e. The first-order chi connectivity index (χ1) is 10.5. The summed E-state index contributed by atoms with van der Waals surface area (Å²) in [6.45, 7) is 7.09. The van der Waals surface area contributed by atoms with E-state index < -0.39 is 0 Å². The molecule has 0 atom stereocenters. The topological polar surface area (TPSA) is 38.0 Å². The first-order valence-electron chi connectivity index (χ1n) is 7.30. The minimum Gasteiger partial charge on any atom is -0.388 e. The van der Waals surface area contributed by atoms with Crippen LogP contribution in [0.5, 0.6) is 0 Å². The van der Waals surface area contributed by atoms with Crippen LogP contribution in [0.25, 0.3) is 0 Å². The molecule has 0 aliphatic rings. The molecule has 120 valence electrons. The zero-order chi connectivity index (χ0) is 16.3. The van der Waals surface area contributed by atoms with Crippen LogP contribution in [0, 0.1) is 0 Å². The number of hydrogen-bond acceptors (Lipinski definition) is 3. The van der Waals surface area contributed by atoms with Crippen LogP contribution in [0.4, 0.5) is 0 Å². The van der Waals surface area contributed by atoms with Gasteiger partial charge < -0.3 is 9.67 Å². The number of aliphatic hydroxyl groups excluding tert-OH is 1. The summed E-state index contributed by atoms with van der Waals surface area (Å²) in [6, 6.07) is 5.51. The molecule has 0 aliphatic carbocycles. The lowest BCUT2D eigenvalue weighted by Crippen LogP contribution is -2.04. The van der Waals surface area contributed by atoms with E-state index in [0.29, 0.717) is 15.9 Å². The smallest absolute Gasteiger partial charge is 0.135 e. The predicted octanol–water partition coefficient (Wildman–Crippen LogP) is 5.37. The van der Waals surface area contributed by atoms with Gasteiger partial charge in [-0.1, -0.05) is 55.7 Å². The second-order valence-electron chi connectivity index (χ2n) is 5.39. The lowest BCUT2D eigenvalue weighted by Gasteiger charge is -2.12. The van der Waals surface area contributed by atoms with Crippen LogP contribution >= 0.6 is 35.0 Å². The minimum absolute atomic E-state index is 0.0589.